The molecule has 3 rings (SSSR count). The van der Waals surface area contributed by atoms with E-state index in [0.29, 0.717) is 29.8 Å². The third-order valence-corrected chi connectivity index (χ3v) is 5.01. The van der Waals surface area contributed by atoms with Crippen LogP contribution in [0.25, 0.3) is 0 Å². The highest BCUT2D eigenvalue weighted by Gasteiger charge is 2.22. The number of hydrogen-bond donors (Lipinski definition) is 0. The Morgan fingerprint density at radius 3 is 2.54 bits per heavy atom. The Kier molecular flexibility index (Phi) is 6.02. The quantitative estimate of drug-likeness (QED) is 0.602. The van der Waals surface area contributed by atoms with Crippen molar-refractivity contribution >= 4 is 11.6 Å². The first-order chi connectivity index (χ1) is 13.5. The van der Waals surface area contributed by atoms with E-state index in [0.717, 1.165) is 31.6 Å². The van der Waals surface area contributed by atoms with Gasteiger partial charge >= 0.3 is 0 Å². The van der Waals surface area contributed by atoms with Gasteiger partial charge in [0.2, 0.25) is 0 Å². The second kappa shape index (κ2) is 8.63. The first-order valence-corrected chi connectivity index (χ1v) is 9.23. The molecule has 1 amide bonds. The number of aryl methyl sites for hydroxylation is 1. The van der Waals surface area contributed by atoms with Crippen molar-refractivity contribution in [1.82, 2.24) is 9.80 Å². The lowest BCUT2D eigenvalue weighted by Gasteiger charge is -2.22. The minimum Gasteiger partial charge on any atom is -0.337 e. The van der Waals surface area contributed by atoms with Gasteiger partial charge in [-0.15, -0.1) is 0 Å². The van der Waals surface area contributed by atoms with Gasteiger partial charge in [-0.25, -0.2) is 0 Å². The van der Waals surface area contributed by atoms with Gasteiger partial charge in [-0.05, 0) is 43.2 Å². The van der Waals surface area contributed by atoms with E-state index in [4.69, 9.17) is 5.26 Å². The summed E-state index contributed by atoms with van der Waals surface area (Å²) in [5, 5.41) is 19.9. The number of rotatable bonds is 4. The fourth-order valence-electron chi connectivity index (χ4n) is 3.45. The van der Waals surface area contributed by atoms with Gasteiger partial charge < -0.3 is 4.90 Å². The maximum absolute atomic E-state index is 12.8. The maximum atomic E-state index is 12.8. The van der Waals surface area contributed by atoms with Crippen molar-refractivity contribution in [3.63, 3.8) is 0 Å². The van der Waals surface area contributed by atoms with Crippen LogP contribution in [0.4, 0.5) is 5.69 Å². The Bertz CT molecular complexity index is 918. The van der Waals surface area contributed by atoms with E-state index in [9.17, 15) is 14.9 Å². The van der Waals surface area contributed by atoms with Crippen molar-refractivity contribution in [3.8, 4) is 6.07 Å². The summed E-state index contributed by atoms with van der Waals surface area (Å²) in [6, 6.07) is 14.2. The Morgan fingerprint density at radius 2 is 1.89 bits per heavy atom. The molecule has 1 fully saturated rings. The molecule has 7 heteroatoms. The lowest BCUT2D eigenvalue weighted by Crippen LogP contribution is -2.35. The summed E-state index contributed by atoms with van der Waals surface area (Å²) in [6.45, 7) is 5.37. The molecule has 1 aliphatic rings. The highest BCUT2D eigenvalue weighted by atomic mass is 16.6. The summed E-state index contributed by atoms with van der Waals surface area (Å²) >= 11 is 0. The van der Waals surface area contributed by atoms with Crippen molar-refractivity contribution < 1.29 is 9.72 Å². The van der Waals surface area contributed by atoms with Crippen LogP contribution in [0, 0.1) is 28.4 Å². The van der Waals surface area contributed by atoms with Gasteiger partial charge in [-0.3, -0.25) is 19.8 Å². The molecule has 2 aromatic rings. The number of benzene rings is 2. The molecule has 0 bridgehead atoms. The number of nitro groups is 1. The summed E-state index contributed by atoms with van der Waals surface area (Å²) in [6.07, 6.45) is 0.869. The maximum Gasteiger partial charge on any atom is 0.272 e. The van der Waals surface area contributed by atoms with Crippen LogP contribution >= 0.6 is 0 Å². The summed E-state index contributed by atoms with van der Waals surface area (Å²) in [4.78, 5) is 27.5. The molecule has 1 saturated heterocycles. The molecular formula is C21H22N4O3. The van der Waals surface area contributed by atoms with Gasteiger partial charge in [0.1, 0.15) is 0 Å². The molecule has 28 heavy (non-hydrogen) atoms. The Labute approximate surface area is 163 Å². The highest BCUT2D eigenvalue weighted by Crippen LogP contribution is 2.20. The first-order valence-electron chi connectivity index (χ1n) is 9.23. The van der Waals surface area contributed by atoms with E-state index < -0.39 is 4.92 Å². The van der Waals surface area contributed by atoms with E-state index in [1.54, 1.807) is 13.0 Å². The number of carbonyl (C=O) groups excluding carboxylic acids is 1. The molecule has 7 nitrogen and oxygen atoms in total. The van der Waals surface area contributed by atoms with Crippen LogP contribution in [0.5, 0.6) is 0 Å². The minimum atomic E-state index is -0.434. The molecule has 0 N–H and O–H groups in total. The Morgan fingerprint density at radius 1 is 1.14 bits per heavy atom. The van der Waals surface area contributed by atoms with E-state index in [1.807, 2.05) is 29.2 Å². The molecule has 1 aliphatic heterocycles. The number of carbonyl (C=O) groups is 1. The Hall–Kier alpha value is -3.24. The van der Waals surface area contributed by atoms with Crippen LogP contribution in [0.1, 0.15) is 33.5 Å². The van der Waals surface area contributed by atoms with Crippen molar-refractivity contribution in [1.29, 1.82) is 5.26 Å². The van der Waals surface area contributed by atoms with Gasteiger partial charge in [0.15, 0.2) is 0 Å². The van der Waals surface area contributed by atoms with Crippen molar-refractivity contribution in [2.24, 2.45) is 0 Å². The molecule has 0 aliphatic carbocycles. The topological polar surface area (TPSA) is 90.5 Å². The SMILES string of the molecule is Cc1cc(C(=O)N2CCCN(Cc3ccc(C#N)cc3)CC2)ccc1[N+](=O)[O-]. The van der Waals surface area contributed by atoms with Crippen LogP contribution in [0.3, 0.4) is 0 Å². The first kappa shape index (κ1) is 19.5. The molecule has 0 aromatic heterocycles. The third-order valence-electron chi connectivity index (χ3n) is 5.01. The molecule has 0 atom stereocenters. The molecule has 0 unspecified atom stereocenters. The second-order valence-electron chi connectivity index (χ2n) is 6.99. The zero-order valence-electron chi connectivity index (χ0n) is 15.8. The van der Waals surface area contributed by atoms with E-state index in [-0.39, 0.29) is 11.6 Å². The predicted octanol–water partition coefficient (Wildman–Crippen LogP) is 3.12. The summed E-state index contributed by atoms with van der Waals surface area (Å²) in [5.74, 6) is -0.0850. The molecule has 144 valence electrons. The fraction of sp³-hybridized carbons (Fsp3) is 0.333. The van der Waals surface area contributed by atoms with Gasteiger partial charge in [0, 0.05) is 49.9 Å². The summed E-state index contributed by atoms with van der Waals surface area (Å²) in [7, 11) is 0. The average Bonchev–Trinajstić information content (AvgIpc) is 2.93. The summed E-state index contributed by atoms with van der Waals surface area (Å²) in [5.41, 5.74) is 2.80. The van der Waals surface area contributed by atoms with Gasteiger partial charge in [0.05, 0.1) is 16.6 Å². The molecule has 2 aromatic carbocycles. The number of nitro benzene ring substituents is 1. The van der Waals surface area contributed by atoms with E-state index >= 15 is 0 Å². The third kappa shape index (κ3) is 4.53. The van der Waals surface area contributed by atoms with Crippen molar-refractivity contribution in [2.45, 2.75) is 19.9 Å². The van der Waals surface area contributed by atoms with Crippen LogP contribution in [0.15, 0.2) is 42.5 Å². The normalized spacial score (nSPS) is 14.9. The van der Waals surface area contributed by atoms with Crippen LogP contribution < -0.4 is 0 Å². The number of amides is 1. The molecule has 0 saturated carbocycles. The van der Waals surface area contributed by atoms with E-state index in [2.05, 4.69) is 11.0 Å². The van der Waals surface area contributed by atoms with Gasteiger partial charge in [-0.1, -0.05) is 12.1 Å². The fourth-order valence-corrected chi connectivity index (χ4v) is 3.45. The lowest BCUT2D eigenvalue weighted by molar-refractivity contribution is -0.385. The standard InChI is InChI=1S/C21H22N4O3/c1-16-13-19(7-8-20(16)25(27)28)21(26)24-10-2-9-23(11-12-24)15-18-5-3-17(14-22)4-6-18/h3-8,13H,2,9-12,15H2,1H3. The molecule has 1 heterocycles. The van der Waals surface area contributed by atoms with Crippen LogP contribution in [-0.2, 0) is 6.54 Å². The highest BCUT2D eigenvalue weighted by molar-refractivity contribution is 5.94. The molecular weight excluding hydrogens is 356 g/mol. The van der Waals surface area contributed by atoms with Crippen molar-refractivity contribution in [3.05, 3.63) is 74.8 Å². The Balaban J connectivity index is 1.62. The summed E-state index contributed by atoms with van der Waals surface area (Å²) < 4.78 is 0. The van der Waals surface area contributed by atoms with E-state index in [1.165, 1.54) is 12.1 Å². The zero-order chi connectivity index (χ0) is 20.1. The number of nitriles is 1. The zero-order valence-corrected chi connectivity index (χ0v) is 15.8. The molecule has 0 radical (unpaired) electrons. The largest absolute Gasteiger partial charge is 0.337 e. The predicted molar refractivity (Wildman–Crippen MR) is 105 cm³/mol. The monoisotopic (exact) mass is 378 g/mol. The number of nitrogens with zero attached hydrogens (tertiary/aromatic N) is 4. The second-order valence-corrected chi connectivity index (χ2v) is 6.99. The molecule has 0 spiro atoms. The van der Waals surface area contributed by atoms with Crippen LogP contribution in [-0.4, -0.2) is 46.8 Å². The van der Waals surface area contributed by atoms with Gasteiger partial charge in [-0.2, -0.15) is 5.26 Å². The van der Waals surface area contributed by atoms with Crippen molar-refractivity contribution in [2.75, 3.05) is 26.2 Å². The average molecular weight is 378 g/mol. The lowest BCUT2D eigenvalue weighted by atomic mass is 10.1. The van der Waals surface area contributed by atoms with Crippen LogP contribution in [0.2, 0.25) is 0 Å². The number of hydrogen-bond acceptors (Lipinski definition) is 5. The minimum absolute atomic E-state index is 0.0287. The van der Waals surface area contributed by atoms with Gasteiger partial charge in [0.25, 0.3) is 11.6 Å². The smallest absolute Gasteiger partial charge is 0.272 e.